The van der Waals surface area contributed by atoms with Gasteiger partial charge in [-0.05, 0) is 148 Å². The number of ether oxygens (including phenoxy) is 3. The van der Waals surface area contributed by atoms with Crippen LogP contribution in [0.15, 0.2) is 18.3 Å². The van der Waals surface area contributed by atoms with Crippen molar-refractivity contribution >= 4 is 0 Å². The Morgan fingerprint density at radius 3 is 1.32 bits per heavy atom. The quantitative estimate of drug-likeness (QED) is 0.292. The molecule has 3 aliphatic heterocycles. The zero-order valence-corrected chi connectivity index (χ0v) is 43.1. The van der Waals surface area contributed by atoms with E-state index in [0.29, 0.717) is 28.1 Å². The van der Waals surface area contributed by atoms with E-state index in [4.69, 9.17) is 14.2 Å². The molecule has 1 aromatic heterocycles. The summed E-state index contributed by atoms with van der Waals surface area (Å²) in [6.07, 6.45) is 6.63. The lowest BCUT2D eigenvalue weighted by atomic mass is 9.80. The standard InChI is InChI=1S/C12H24N2.C10H15N.C8H17NO.C7H14O.C7H16O.C6H15N.CH4/c1-12(2,3)14-9-7-13(8-10-14)11-5-4-6-11;1-8-5-6-9(11-7-8)10(2,3)4;1-8(2,3)9-4-6-10-7-5-9;1-7(2,3)6-4-8-5-6;1-6(2)8-7(3,4)5;1-6(2,3)7(4)5;/h11H,4-10H2,1-3H3;5-7H,1-4H3;4-7H2,1-3H3;6H,4-5H2,1-3H3;6H,1-5H3;1-5H3;1H4. The van der Waals surface area contributed by atoms with Crippen LogP contribution in [0.3, 0.4) is 0 Å². The van der Waals surface area contributed by atoms with Crippen molar-refractivity contribution in [1.29, 1.82) is 0 Å². The van der Waals surface area contributed by atoms with Crippen molar-refractivity contribution in [1.82, 2.24) is 24.6 Å². The summed E-state index contributed by atoms with van der Waals surface area (Å²) in [4.78, 5) is 14.3. The third-order valence-electron chi connectivity index (χ3n) is 11.3. The molecule has 0 N–H and O–H groups in total. The van der Waals surface area contributed by atoms with Crippen molar-refractivity contribution < 1.29 is 14.2 Å². The number of hydrogen-bond acceptors (Lipinski definition) is 8. The molecule has 5 rings (SSSR count). The number of aryl methyl sites for hydroxylation is 1. The van der Waals surface area contributed by atoms with Gasteiger partial charge in [0.05, 0.1) is 38.1 Å². The molecule has 0 aromatic carbocycles. The highest BCUT2D eigenvalue weighted by Crippen LogP contribution is 2.31. The van der Waals surface area contributed by atoms with Gasteiger partial charge in [0.2, 0.25) is 0 Å². The van der Waals surface area contributed by atoms with Crippen molar-refractivity contribution in [3.8, 4) is 0 Å². The van der Waals surface area contributed by atoms with Crippen LogP contribution in [0.2, 0.25) is 0 Å². The molecule has 0 radical (unpaired) electrons. The number of piperazine rings is 1. The minimum Gasteiger partial charge on any atom is -0.381 e. The van der Waals surface area contributed by atoms with E-state index in [9.17, 15) is 0 Å². The first-order valence-electron chi connectivity index (χ1n) is 22.8. The second-order valence-corrected chi connectivity index (χ2v) is 23.5. The Morgan fingerprint density at radius 2 is 1.12 bits per heavy atom. The van der Waals surface area contributed by atoms with Gasteiger partial charge in [0.25, 0.3) is 0 Å². The normalized spacial score (nSPS) is 19.0. The molecular formula is C51H105N5O3. The molecule has 352 valence electrons. The summed E-state index contributed by atoms with van der Waals surface area (Å²) in [7, 11) is 4.17. The first-order chi connectivity index (χ1) is 26.1. The molecule has 0 spiro atoms. The fourth-order valence-electron chi connectivity index (χ4n) is 6.10. The van der Waals surface area contributed by atoms with Gasteiger partial charge in [-0.25, -0.2) is 0 Å². The fraction of sp³-hybridized carbons (Fsp3) is 0.902. The van der Waals surface area contributed by atoms with Gasteiger partial charge in [0.1, 0.15) is 0 Å². The molecule has 4 aliphatic rings. The number of aromatic nitrogens is 1. The van der Waals surface area contributed by atoms with Crippen molar-refractivity contribution in [2.75, 3.05) is 79.8 Å². The van der Waals surface area contributed by atoms with E-state index in [0.717, 1.165) is 57.2 Å². The highest BCUT2D eigenvalue weighted by atomic mass is 16.5. The maximum atomic E-state index is 5.44. The van der Waals surface area contributed by atoms with Gasteiger partial charge in [-0.2, -0.15) is 0 Å². The predicted octanol–water partition coefficient (Wildman–Crippen LogP) is 11.6. The van der Waals surface area contributed by atoms with Crippen LogP contribution >= 0.6 is 0 Å². The molecule has 1 aromatic rings. The Labute approximate surface area is 370 Å². The molecule has 4 heterocycles. The summed E-state index contributed by atoms with van der Waals surface area (Å²) in [5, 5.41) is 0. The van der Waals surface area contributed by atoms with Gasteiger partial charge < -0.3 is 19.1 Å². The molecule has 0 bridgehead atoms. The average molecular weight is 836 g/mol. The Kier molecular flexibility index (Phi) is 26.9. The minimum atomic E-state index is 0. The Hall–Kier alpha value is -1.13. The molecule has 59 heavy (non-hydrogen) atoms. The lowest BCUT2D eigenvalue weighted by molar-refractivity contribution is -0.0821. The van der Waals surface area contributed by atoms with Gasteiger partial charge in [-0.3, -0.25) is 19.7 Å². The second kappa shape index (κ2) is 26.5. The number of nitrogens with zero attached hydrogens (tertiary/aromatic N) is 5. The predicted molar refractivity (Wildman–Crippen MR) is 260 cm³/mol. The van der Waals surface area contributed by atoms with E-state index in [2.05, 4.69) is 182 Å². The molecule has 8 heteroatoms. The smallest absolute Gasteiger partial charge is 0.0601 e. The molecule has 0 unspecified atom stereocenters. The van der Waals surface area contributed by atoms with Crippen molar-refractivity contribution in [3.63, 3.8) is 0 Å². The summed E-state index contributed by atoms with van der Waals surface area (Å²) in [6, 6.07) is 5.14. The summed E-state index contributed by atoms with van der Waals surface area (Å²) < 4.78 is 15.8. The first kappa shape index (κ1) is 60.0. The SMILES string of the molecule is C.CC(C)(C)C1COC1.CC(C)(C)N1CCN(C2CCC2)CC1.CC(C)(C)N1CCOCC1.CC(C)OC(C)(C)C.CN(C)C(C)(C)C.Cc1ccc(C(C)(C)C)nc1. The molecule has 3 saturated heterocycles. The summed E-state index contributed by atoms with van der Waals surface area (Å²) in [6.45, 7) is 57.0. The summed E-state index contributed by atoms with van der Waals surface area (Å²) in [5.41, 5.74) is 4.07. The van der Waals surface area contributed by atoms with E-state index in [1.54, 1.807) is 0 Å². The lowest BCUT2D eigenvalue weighted by Gasteiger charge is -2.46. The van der Waals surface area contributed by atoms with E-state index in [1.807, 2.05) is 20.0 Å². The van der Waals surface area contributed by atoms with Crippen LogP contribution in [-0.2, 0) is 19.6 Å². The van der Waals surface area contributed by atoms with Gasteiger partial charge in [0.15, 0.2) is 0 Å². The Balaban J connectivity index is 0. The van der Waals surface area contributed by atoms with Crippen LogP contribution in [0.1, 0.15) is 176 Å². The van der Waals surface area contributed by atoms with Crippen LogP contribution in [0.25, 0.3) is 0 Å². The van der Waals surface area contributed by atoms with E-state index in [-0.39, 0.29) is 18.4 Å². The van der Waals surface area contributed by atoms with Gasteiger partial charge >= 0.3 is 0 Å². The molecule has 1 aliphatic carbocycles. The van der Waals surface area contributed by atoms with Crippen LogP contribution in [-0.4, -0.2) is 139 Å². The van der Waals surface area contributed by atoms with Gasteiger partial charge in [0, 0.05) is 85.2 Å². The zero-order chi connectivity index (χ0) is 45.3. The first-order valence-corrected chi connectivity index (χ1v) is 22.8. The summed E-state index contributed by atoms with van der Waals surface area (Å²) in [5.74, 6) is 0.808. The van der Waals surface area contributed by atoms with E-state index < -0.39 is 0 Å². The maximum absolute atomic E-state index is 5.44. The molecule has 4 fully saturated rings. The minimum absolute atomic E-state index is 0. The van der Waals surface area contributed by atoms with Crippen molar-refractivity contribution in [3.05, 3.63) is 29.6 Å². The van der Waals surface area contributed by atoms with Gasteiger partial charge in [-0.1, -0.05) is 61.5 Å². The highest BCUT2D eigenvalue weighted by molar-refractivity contribution is 5.17. The monoisotopic (exact) mass is 836 g/mol. The molecule has 8 nitrogen and oxygen atoms in total. The second-order valence-electron chi connectivity index (χ2n) is 23.5. The van der Waals surface area contributed by atoms with Crippen LogP contribution < -0.4 is 0 Å². The third-order valence-corrected chi connectivity index (χ3v) is 11.3. The molecular weight excluding hydrogens is 731 g/mol. The molecule has 0 amide bonds. The van der Waals surface area contributed by atoms with Gasteiger partial charge in [-0.15, -0.1) is 0 Å². The number of rotatable bonds is 2. The number of hydrogen-bond donors (Lipinski definition) is 0. The van der Waals surface area contributed by atoms with Crippen LogP contribution in [0, 0.1) is 18.3 Å². The van der Waals surface area contributed by atoms with Crippen molar-refractivity contribution in [2.24, 2.45) is 11.3 Å². The zero-order valence-electron chi connectivity index (χ0n) is 43.1. The molecule has 1 saturated carbocycles. The van der Waals surface area contributed by atoms with E-state index >= 15 is 0 Å². The molecule has 0 atom stereocenters. The number of morpholine rings is 1. The van der Waals surface area contributed by atoms with Crippen molar-refractivity contribution in [2.45, 2.75) is 212 Å². The van der Waals surface area contributed by atoms with Crippen LogP contribution in [0.5, 0.6) is 0 Å². The maximum Gasteiger partial charge on any atom is 0.0601 e. The van der Waals surface area contributed by atoms with Crippen LogP contribution in [0.4, 0.5) is 0 Å². The largest absolute Gasteiger partial charge is 0.381 e. The van der Waals surface area contributed by atoms with E-state index in [1.165, 1.54) is 51.0 Å². The Morgan fingerprint density at radius 1 is 0.678 bits per heavy atom. The highest BCUT2D eigenvalue weighted by Gasteiger charge is 2.32. The Bertz CT molecular complexity index is 1170. The lowest BCUT2D eigenvalue weighted by Crippen LogP contribution is -2.56. The number of pyridine rings is 1. The fourth-order valence-corrected chi connectivity index (χ4v) is 6.10. The third kappa shape index (κ3) is 28.2. The average Bonchev–Trinajstić information content (AvgIpc) is 2.98. The topological polar surface area (TPSA) is 53.5 Å². The summed E-state index contributed by atoms with van der Waals surface area (Å²) >= 11 is 0.